The minimum Gasteiger partial charge on any atom is -0.496 e. The zero-order valence-electron chi connectivity index (χ0n) is 14.5. The van der Waals surface area contributed by atoms with Crippen molar-refractivity contribution in [2.75, 3.05) is 48.0 Å². The highest BCUT2D eigenvalue weighted by atomic mass is 16.5. The Balaban J connectivity index is 2.43. The Bertz CT molecular complexity index is 585. The highest BCUT2D eigenvalue weighted by Crippen LogP contribution is 2.39. The van der Waals surface area contributed by atoms with Crippen molar-refractivity contribution in [3.63, 3.8) is 0 Å². The summed E-state index contributed by atoms with van der Waals surface area (Å²) in [7, 11) is 6.88. The number of nitrogens with zero attached hydrogens (tertiary/aromatic N) is 3. The molecule has 2 atom stereocenters. The first kappa shape index (κ1) is 17.4. The number of rotatable bonds is 5. The summed E-state index contributed by atoms with van der Waals surface area (Å²) in [4.78, 5) is 4.49. The highest BCUT2D eigenvalue weighted by Gasteiger charge is 2.31. The van der Waals surface area contributed by atoms with Gasteiger partial charge in [-0.05, 0) is 20.0 Å². The first-order valence-corrected chi connectivity index (χ1v) is 7.69. The smallest absolute Gasteiger partial charge is 0.164 e. The van der Waals surface area contributed by atoms with Gasteiger partial charge in [0, 0.05) is 37.3 Å². The average molecular weight is 319 g/mol. The third-order valence-electron chi connectivity index (χ3n) is 4.37. The summed E-state index contributed by atoms with van der Waals surface area (Å²) in [5.41, 5.74) is 0.809. The molecule has 2 unspecified atom stereocenters. The van der Waals surface area contributed by atoms with Crippen LogP contribution in [-0.4, -0.2) is 63.9 Å². The fourth-order valence-corrected chi connectivity index (χ4v) is 3.13. The van der Waals surface area contributed by atoms with Crippen LogP contribution in [0.5, 0.6) is 17.2 Å². The molecule has 1 saturated heterocycles. The minimum absolute atomic E-state index is 0.288. The van der Waals surface area contributed by atoms with Crippen molar-refractivity contribution >= 4 is 0 Å². The molecule has 0 aromatic heterocycles. The fraction of sp³-hybridized carbons (Fsp3) is 0.588. The monoisotopic (exact) mass is 319 g/mol. The van der Waals surface area contributed by atoms with E-state index in [4.69, 9.17) is 14.2 Å². The second kappa shape index (κ2) is 7.53. The number of likely N-dealkylation sites (N-methyl/N-ethyl adjacent to an activating group) is 1. The quantitative estimate of drug-likeness (QED) is 0.826. The van der Waals surface area contributed by atoms with Crippen LogP contribution in [0, 0.1) is 11.3 Å². The lowest BCUT2D eigenvalue weighted by molar-refractivity contribution is 0.0787. The highest BCUT2D eigenvalue weighted by molar-refractivity contribution is 5.53. The van der Waals surface area contributed by atoms with Crippen LogP contribution < -0.4 is 14.2 Å². The molecule has 0 aliphatic carbocycles. The third kappa shape index (κ3) is 3.52. The number of piperazine rings is 1. The van der Waals surface area contributed by atoms with Gasteiger partial charge >= 0.3 is 0 Å². The lowest BCUT2D eigenvalue weighted by Crippen LogP contribution is -2.51. The van der Waals surface area contributed by atoms with Gasteiger partial charge in [-0.15, -0.1) is 0 Å². The van der Waals surface area contributed by atoms with Gasteiger partial charge in [0.05, 0.1) is 27.4 Å². The number of benzene rings is 1. The molecule has 1 aliphatic heterocycles. The topological polar surface area (TPSA) is 58.0 Å². The minimum atomic E-state index is -0.381. The standard InChI is InChI=1S/C17H25N3O3/c1-12-11-19(2)6-7-20(12)14(10-18)13-8-16(22-4)17(23-5)9-15(13)21-3/h8-9,12,14H,6-7,11H2,1-5H3. The van der Waals surface area contributed by atoms with Gasteiger partial charge in [0.2, 0.25) is 0 Å². The molecule has 126 valence electrons. The molecule has 0 spiro atoms. The van der Waals surface area contributed by atoms with E-state index >= 15 is 0 Å². The molecule has 1 aromatic carbocycles. The molecule has 0 bridgehead atoms. The van der Waals surface area contributed by atoms with E-state index in [1.165, 1.54) is 0 Å². The van der Waals surface area contributed by atoms with Gasteiger partial charge in [-0.1, -0.05) is 0 Å². The molecule has 1 heterocycles. The van der Waals surface area contributed by atoms with Gasteiger partial charge in [-0.2, -0.15) is 5.26 Å². The summed E-state index contributed by atoms with van der Waals surface area (Å²) in [6, 6.07) is 5.96. The van der Waals surface area contributed by atoms with E-state index in [0.717, 1.165) is 25.2 Å². The number of hydrogen-bond acceptors (Lipinski definition) is 6. The Labute approximate surface area is 138 Å². The van der Waals surface area contributed by atoms with Crippen LogP contribution in [0.15, 0.2) is 12.1 Å². The summed E-state index contributed by atoms with van der Waals surface area (Å²) in [6.07, 6.45) is 0. The molecule has 6 nitrogen and oxygen atoms in total. The van der Waals surface area contributed by atoms with Gasteiger partial charge in [-0.25, -0.2) is 0 Å². The van der Waals surface area contributed by atoms with Crippen LogP contribution in [0.25, 0.3) is 0 Å². The number of ether oxygens (including phenoxy) is 3. The Morgan fingerprint density at radius 1 is 1.09 bits per heavy atom. The van der Waals surface area contributed by atoms with Crippen molar-refractivity contribution in [3.8, 4) is 23.3 Å². The van der Waals surface area contributed by atoms with Crippen molar-refractivity contribution in [2.45, 2.75) is 19.0 Å². The third-order valence-corrected chi connectivity index (χ3v) is 4.37. The zero-order valence-corrected chi connectivity index (χ0v) is 14.5. The Morgan fingerprint density at radius 2 is 1.70 bits per heavy atom. The maximum absolute atomic E-state index is 9.79. The number of nitriles is 1. The van der Waals surface area contributed by atoms with Crippen molar-refractivity contribution in [1.29, 1.82) is 5.26 Å². The van der Waals surface area contributed by atoms with Crippen LogP contribution in [0.3, 0.4) is 0 Å². The van der Waals surface area contributed by atoms with E-state index < -0.39 is 0 Å². The molecule has 2 rings (SSSR count). The van der Waals surface area contributed by atoms with Gasteiger partial charge in [0.25, 0.3) is 0 Å². The predicted molar refractivity (Wildman–Crippen MR) is 88.1 cm³/mol. The fourth-order valence-electron chi connectivity index (χ4n) is 3.13. The van der Waals surface area contributed by atoms with Crippen LogP contribution in [0.2, 0.25) is 0 Å². The summed E-state index contributed by atoms with van der Waals surface area (Å²) >= 11 is 0. The van der Waals surface area contributed by atoms with Crippen LogP contribution >= 0.6 is 0 Å². The van der Waals surface area contributed by atoms with Gasteiger partial charge in [0.15, 0.2) is 11.5 Å². The summed E-state index contributed by atoms with van der Waals surface area (Å²) < 4.78 is 16.2. The van der Waals surface area contributed by atoms with Crippen LogP contribution in [-0.2, 0) is 0 Å². The van der Waals surface area contributed by atoms with E-state index in [2.05, 4.69) is 29.8 Å². The van der Waals surface area contributed by atoms with Gasteiger partial charge in [0.1, 0.15) is 11.8 Å². The maximum atomic E-state index is 9.79. The van der Waals surface area contributed by atoms with Gasteiger partial charge < -0.3 is 19.1 Å². The summed E-state index contributed by atoms with van der Waals surface area (Å²) in [5.74, 6) is 1.84. The molecule has 0 saturated carbocycles. The van der Waals surface area contributed by atoms with Crippen molar-refractivity contribution in [2.24, 2.45) is 0 Å². The summed E-state index contributed by atoms with van der Waals surface area (Å²) in [6.45, 7) is 4.87. The van der Waals surface area contributed by atoms with Crippen molar-refractivity contribution < 1.29 is 14.2 Å². The summed E-state index contributed by atoms with van der Waals surface area (Å²) in [5, 5.41) is 9.79. The molecule has 1 aliphatic rings. The average Bonchev–Trinajstić information content (AvgIpc) is 2.56. The predicted octanol–water partition coefficient (Wildman–Crippen LogP) is 1.91. The number of hydrogen-bond donors (Lipinski definition) is 0. The SMILES string of the molecule is COc1cc(OC)c(C(C#N)N2CCN(C)CC2C)cc1OC. The molecular weight excluding hydrogens is 294 g/mol. The Morgan fingerprint density at radius 3 is 2.22 bits per heavy atom. The maximum Gasteiger partial charge on any atom is 0.164 e. The number of methoxy groups -OCH3 is 3. The van der Waals surface area contributed by atoms with Crippen LogP contribution in [0.4, 0.5) is 0 Å². The second-order valence-electron chi connectivity index (χ2n) is 5.83. The van der Waals surface area contributed by atoms with Crippen molar-refractivity contribution in [1.82, 2.24) is 9.80 Å². The van der Waals surface area contributed by atoms with E-state index in [1.807, 2.05) is 6.07 Å². The second-order valence-corrected chi connectivity index (χ2v) is 5.83. The molecular formula is C17H25N3O3. The Kier molecular flexibility index (Phi) is 5.69. The van der Waals surface area contributed by atoms with E-state index in [9.17, 15) is 5.26 Å². The molecule has 0 radical (unpaired) electrons. The van der Waals surface area contributed by atoms with Gasteiger partial charge in [-0.3, -0.25) is 4.90 Å². The lowest BCUT2D eigenvalue weighted by Gasteiger charge is -2.40. The zero-order chi connectivity index (χ0) is 17.0. The van der Waals surface area contributed by atoms with E-state index in [-0.39, 0.29) is 12.1 Å². The van der Waals surface area contributed by atoms with E-state index in [1.54, 1.807) is 27.4 Å². The van der Waals surface area contributed by atoms with E-state index in [0.29, 0.717) is 17.2 Å². The molecule has 0 N–H and O–H groups in total. The molecule has 23 heavy (non-hydrogen) atoms. The lowest BCUT2D eigenvalue weighted by atomic mass is 10.0. The first-order chi connectivity index (χ1) is 11.0. The molecule has 0 amide bonds. The first-order valence-electron chi connectivity index (χ1n) is 7.69. The normalized spacial score (nSPS) is 20.6. The Hall–Kier alpha value is -1.97. The molecule has 1 aromatic rings. The van der Waals surface area contributed by atoms with Crippen LogP contribution in [0.1, 0.15) is 18.5 Å². The molecule has 1 fully saturated rings. The molecule has 6 heteroatoms. The van der Waals surface area contributed by atoms with Crippen molar-refractivity contribution in [3.05, 3.63) is 17.7 Å². The largest absolute Gasteiger partial charge is 0.496 e.